The second-order valence-corrected chi connectivity index (χ2v) is 6.49. The fraction of sp³-hybridized carbons (Fsp3) is 0.133. The zero-order chi connectivity index (χ0) is 16.6. The lowest BCUT2D eigenvalue weighted by Crippen LogP contribution is -2.05. The average molecular weight is 399 g/mol. The highest BCUT2D eigenvalue weighted by atomic mass is 35.5. The molecule has 0 aliphatic rings. The van der Waals surface area contributed by atoms with Crippen LogP contribution in [-0.4, -0.2) is 11.1 Å². The molecule has 0 aliphatic carbocycles. The number of benzene rings is 2. The lowest BCUT2D eigenvalue weighted by molar-refractivity contribution is 0.0696. The number of aromatic carboxylic acids is 1. The molecule has 0 heterocycles. The first-order valence-corrected chi connectivity index (χ1v) is 8.06. The Morgan fingerprint density at radius 3 is 2.00 bits per heavy atom. The van der Waals surface area contributed by atoms with E-state index in [1.165, 1.54) is 12.1 Å². The second-order valence-electron chi connectivity index (χ2n) is 4.48. The van der Waals surface area contributed by atoms with Gasteiger partial charge in [-0.05, 0) is 30.2 Å². The number of carboxylic acids is 1. The van der Waals surface area contributed by atoms with Crippen LogP contribution >= 0.6 is 58.0 Å². The molecule has 1 N–H and O–H groups in total. The van der Waals surface area contributed by atoms with Gasteiger partial charge in [-0.15, -0.1) is 0 Å². The SMILES string of the molecule is CCc1c(Cl)c(-c2cc(Cl)c(Cl)cc2Cl)cc(Cl)c1C(=O)O. The molecule has 0 amide bonds. The minimum Gasteiger partial charge on any atom is -0.478 e. The Hall–Kier alpha value is -0.640. The zero-order valence-corrected chi connectivity index (χ0v) is 15.0. The number of hydrogen-bond donors (Lipinski definition) is 1. The first-order chi connectivity index (χ1) is 10.3. The van der Waals surface area contributed by atoms with Crippen LogP contribution < -0.4 is 0 Å². The van der Waals surface area contributed by atoms with Crippen molar-refractivity contribution in [1.82, 2.24) is 0 Å². The van der Waals surface area contributed by atoms with Crippen molar-refractivity contribution in [3.63, 3.8) is 0 Å². The van der Waals surface area contributed by atoms with Gasteiger partial charge in [-0.2, -0.15) is 0 Å². The van der Waals surface area contributed by atoms with Gasteiger partial charge in [-0.25, -0.2) is 4.79 Å². The van der Waals surface area contributed by atoms with Crippen LogP contribution in [0.25, 0.3) is 11.1 Å². The highest BCUT2D eigenvalue weighted by Gasteiger charge is 2.22. The van der Waals surface area contributed by atoms with Gasteiger partial charge < -0.3 is 5.11 Å². The Morgan fingerprint density at radius 1 is 0.909 bits per heavy atom. The summed E-state index contributed by atoms with van der Waals surface area (Å²) in [4.78, 5) is 11.4. The predicted octanol–water partition coefficient (Wildman–Crippen LogP) is 6.88. The van der Waals surface area contributed by atoms with Gasteiger partial charge in [0.2, 0.25) is 0 Å². The third-order valence-electron chi connectivity index (χ3n) is 3.18. The fourth-order valence-corrected chi connectivity index (χ4v) is 3.50. The quantitative estimate of drug-likeness (QED) is 0.572. The summed E-state index contributed by atoms with van der Waals surface area (Å²) in [6.07, 6.45) is 0.410. The van der Waals surface area contributed by atoms with Crippen molar-refractivity contribution in [1.29, 1.82) is 0 Å². The van der Waals surface area contributed by atoms with Crippen LogP contribution in [0.15, 0.2) is 18.2 Å². The lowest BCUT2D eigenvalue weighted by Gasteiger charge is -2.15. The first kappa shape index (κ1) is 17.7. The molecule has 0 aromatic heterocycles. The molecule has 7 heteroatoms. The summed E-state index contributed by atoms with van der Waals surface area (Å²) >= 11 is 30.6. The van der Waals surface area contributed by atoms with Crippen LogP contribution in [0.5, 0.6) is 0 Å². The van der Waals surface area contributed by atoms with E-state index in [1.807, 2.05) is 0 Å². The van der Waals surface area contributed by atoms with E-state index in [1.54, 1.807) is 13.0 Å². The van der Waals surface area contributed by atoms with Crippen molar-refractivity contribution in [2.75, 3.05) is 0 Å². The van der Waals surface area contributed by atoms with Crippen LogP contribution in [-0.2, 0) is 6.42 Å². The van der Waals surface area contributed by atoms with Gasteiger partial charge in [0.25, 0.3) is 0 Å². The van der Waals surface area contributed by atoms with Gasteiger partial charge in [0.1, 0.15) is 0 Å². The van der Waals surface area contributed by atoms with E-state index in [0.717, 1.165) is 0 Å². The van der Waals surface area contributed by atoms with Crippen molar-refractivity contribution < 1.29 is 9.90 Å². The zero-order valence-electron chi connectivity index (χ0n) is 11.2. The highest BCUT2D eigenvalue weighted by Crippen LogP contribution is 2.42. The van der Waals surface area contributed by atoms with Gasteiger partial charge in [-0.3, -0.25) is 0 Å². The molecule has 22 heavy (non-hydrogen) atoms. The molecule has 0 unspecified atom stereocenters. The van der Waals surface area contributed by atoms with Crippen molar-refractivity contribution in [3.05, 3.63) is 54.4 Å². The van der Waals surface area contributed by atoms with E-state index >= 15 is 0 Å². The molecular formula is C15H9Cl5O2. The minimum atomic E-state index is -1.13. The molecule has 2 aromatic rings. The van der Waals surface area contributed by atoms with Gasteiger partial charge in [0, 0.05) is 11.1 Å². The van der Waals surface area contributed by atoms with Gasteiger partial charge in [0.05, 0.1) is 30.7 Å². The van der Waals surface area contributed by atoms with Crippen molar-refractivity contribution in [2.45, 2.75) is 13.3 Å². The van der Waals surface area contributed by atoms with Gasteiger partial charge in [-0.1, -0.05) is 64.9 Å². The molecule has 0 saturated carbocycles. The van der Waals surface area contributed by atoms with E-state index in [2.05, 4.69) is 0 Å². The molecule has 0 radical (unpaired) electrons. The Bertz CT molecular complexity index is 771. The fourth-order valence-electron chi connectivity index (χ4n) is 2.17. The molecular weight excluding hydrogens is 389 g/mol. The summed E-state index contributed by atoms with van der Waals surface area (Å²) in [5.41, 5.74) is 1.49. The van der Waals surface area contributed by atoms with Crippen LogP contribution in [0.1, 0.15) is 22.8 Å². The minimum absolute atomic E-state index is 0.00546. The molecule has 0 atom stereocenters. The molecule has 0 fully saturated rings. The normalized spacial score (nSPS) is 10.8. The number of carbonyl (C=O) groups is 1. The van der Waals surface area contributed by atoms with Gasteiger partial charge >= 0.3 is 5.97 Å². The van der Waals surface area contributed by atoms with Crippen molar-refractivity contribution in [2.24, 2.45) is 0 Å². The highest BCUT2D eigenvalue weighted by molar-refractivity contribution is 6.44. The molecule has 0 bridgehead atoms. The van der Waals surface area contributed by atoms with Crippen LogP contribution in [0.2, 0.25) is 25.1 Å². The summed E-state index contributed by atoms with van der Waals surface area (Å²) in [5, 5.41) is 10.6. The predicted molar refractivity (Wildman–Crippen MR) is 93.3 cm³/mol. The summed E-state index contributed by atoms with van der Waals surface area (Å²) < 4.78 is 0. The lowest BCUT2D eigenvalue weighted by atomic mass is 9.97. The third-order valence-corrected chi connectivity index (χ3v) is 4.95. The molecule has 2 nitrogen and oxygen atoms in total. The largest absolute Gasteiger partial charge is 0.478 e. The van der Waals surface area contributed by atoms with Gasteiger partial charge in [0.15, 0.2) is 0 Å². The summed E-state index contributed by atoms with van der Waals surface area (Å²) in [7, 11) is 0. The molecule has 0 saturated heterocycles. The number of halogens is 5. The maximum absolute atomic E-state index is 11.4. The Labute approximate surface area is 152 Å². The summed E-state index contributed by atoms with van der Waals surface area (Å²) in [6.45, 7) is 1.80. The topological polar surface area (TPSA) is 37.3 Å². The monoisotopic (exact) mass is 396 g/mol. The number of carboxylic acid groups (broad SMARTS) is 1. The summed E-state index contributed by atoms with van der Waals surface area (Å²) in [5.74, 6) is -1.13. The van der Waals surface area contributed by atoms with Crippen molar-refractivity contribution >= 4 is 64.0 Å². The maximum Gasteiger partial charge on any atom is 0.337 e. The van der Waals surface area contributed by atoms with Crippen LogP contribution in [0.4, 0.5) is 0 Å². The Morgan fingerprint density at radius 2 is 1.45 bits per heavy atom. The number of hydrogen-bond acceptors (Lipinski definition) is 1. The standard InChI is InChI=1S/C15H9Cl5O2/c1-2-6-13(15(21)22)12(19)4-8(14(6)20)7-3-10(17)11(18)5-9(7)16/h3-5H,2H2,1H3,(H,21,22). The molecule has 0 spiro atoms. The van der Waals surface area contributed by atoms with Crippen molar-refractivity contribution in [3.8, 4) is 11.1 Å². The maximum atomic E-state index is 11.4. The first-order valence-electron chi connectivity index (χ1n) is 6.17. The van der Waals surface area contributed by atoms with E-state index in [9.17, 15) is 9.90 Å². The smallest absolute Gasteiger partial charge is 0.337 e. The molecule has 0 aliphatic heterocycles. The molecule has 116 valence electrons. The molecule has 2 rings (SSSR count). The summed E-state index contributed by atoms with van der Waals surface area (Å²) in [6, 6.07) is 4.54. The average Bonchev–Trinajstić information content (AvgIpc) is 2.44. The van der Waals surface area contributed by atoms with E-state index < -0.39 is 5.97 Å². The van der Waals surface area contributed by atoms with E-state index in [-0.39, 0.29) is 15.6 Å². The van der Waals surface area contributed by atoms with Crippen LogP contribution in [0, 0.1) is 0 Å². The third kappa shape index (κ3) is 3.17. The molecule has 2 aromatic carbocycles. The van der Waals surface area contributed by atoms with E-state index in [4.69, 9.17) is 58.0 Å². The van der Waals surface area contributed by atoms with E-state index in [0.29, 0.717) is 38.2 Å². The van der Waals surface area contributed by atoms with Crippen LogP contribution in [0.3, 0.4) is 0 Å². The second kappa shape index (κ2) is 6.86. The Balaban J connectivity index is 2.81. The number of rotatable bonds is 3. The Kier molecular flexibility index (Phi) is 5.52.